The highest BCUT2D eigenvalue weighted by Crippen LogP contribution is 2.49. The molecule has 2 saturated heterocycles. The molecular weight excluding hydrogens is 710 g/mol. The molecule has 3 fully saturated rings. The number of aryl methyl sites for hydroxylation is 1. The number of allylic oxidation sites excluding steroid dienone is 1. The average molecular weight is 766 g/mol. The van der Waals surface area contributed by atoms with E-state index in [0.717, 1.165) is 69.9 Å². The number of carbonyl (C=O) groups excluding carboxylic acids is 1. The van der Waals surface area contributed by atoms with E-state index in [2.05, 4.69) is 43.7 Å². The van der Waals surface area contributed by atoms with Crippen LogP contribution in [0.1, 0.15) is 86.8 Å². The number of pyridine rings is 1. The maximum atomic E-state index is 13.6. The van der Waals surface area contributed by atoms with Crippen LogP contribution in [0.5, 0.6) is 5.75 Å². The van der Waals surface area contributed by atoms with E-state index < -0.39 is 26.8 Å². The molecule has 10 nitrogen and oxygen atoms in total. The SMILES string of the molecule is CO[C@@]1(CN2CCN3CCCC[C@@H]3C2)/C=C\C[C@H](C)[C@@H](C)S(=O)(=O)NC(=O)c2ccc3c(n2)N(C[C@@H]2CC[C@H]21)C[C@@]1(CCCc2cc(Cl)ccc21)CO3. The summed E-state index contributed by atoms with van der Waals surface area (Å²) >= 11 is 6.50. The number of aromatic nitrogens is 1. The molecule has 1 aromatic heterocycles. The third-order valence-electron chi connectivity index (χ3n) is 13.8. The molecule has 0 unspecified atom stereocenters. The second-order valence-corrected chi connectivity index (χ2v) is 19.4. The zero-order valence-electron chi connectivity index (χ0n) is 31.6. The van der Waals surface area contributed by atoms with Crippen LogP contribution in [0.15, 0.2) is 42.5 Å². The zero-order valence-corrected chi connectivity index (χ0v) is 33.1. The predicted octanol–water partition coefficient (Wildman–Crippen LogP) is 5.83. The minimum atomic E-state index is -3.99. The lowest BCUT2D eigenvalue weighted by molar-refractivity contribution is -0.100. The number of methoxy groups -OCH3 is 1. The Hall–Kier alpha value is -2.70. The van der Waals surface area contributed by atoms with Crippen molar-refractivity contribution in [2.75, 3.05) is 64.4 Å². The Morgan fingerprint density at radius 3 is 2.74 bits per heavy atom. The third-order valence-corrected chi connectivity index (χ3v) is 16.0. The maximum Gasteiger partial charge on any atom is 0.283 e. The van der Waals surface area contributed by atoms with Crippen LogP contribution < -0.4 is 14.4 Å². The van der Waals surface area contributed by atoms with Crippen molar-refractivity contribution in [3.05, 3.63) is 64.3 Å². The van der Waals surface area contributed by atoms with Crippen LogP contribution >= 0.6 is 11.6 Å². The molecule has 0 radical (unpaired) electrons. The number of rotatable bonds is 3. The van der Waals surface area contributed by atoms with Crippen molar-refractivity contribution in [3.8, 4) is 5.75 Å². The molecule has 1 spiro atoms. The Morgan fingerprint density at radius 2 is 1.92 bits per heavy atom. The number of hydrogen-bond donors (Lipinski definition) is 1. The summed E-state index contributed by atoms with van der Waals surface area (Å²) < 4.78 is 43.0. The fraction of sp³-hybridized carbons (Fsp3) is 0.659. The summed E-state index contributed by atoms with van der Waals surface area (Å²) in [6.07, 6.45) is 13.9. The number of nitrogens with zero attached hydrogens (tertiary/aromatic N) is 4. The summed E-state index contributed by atoms with van der Waals surface area (Å²) in [5, 5.41) is -0.0528. The van der Waals surface area contributed by atoms with E-state index in [4.69, 9.17) is 26.1 Å². The van der Waals surface area contributed by atoms with Gasteiger partial charge < -0.3 is 14.4 Å². The quantitative estimate of drug-likeness (QED) is 0.387. The molecule has 53 heavy (non-hydrogen) atoms. The summed E-state index contributed by atoms with van der Waals surface area (Å²) in [4.78, 5) is 26.2. The summed E-state index contributed by atoms with van der Waals surface area (Å²) in [5.41, 5.74) is 1.77. The second-order valence-electron chi connectivity index (χ2n) is 16.9. The number of benzene rings is 1. The van der Waals surface area contributed by atoms with E-state index >= 15 is 0 Å². The molecule has 2 aliphatic carbocycles. The summed E-state index contributed by atoms with van der Waals surface area (Å²) in [5.74, 6) is 0.837. The van der Waals surface area contributed by atoms with Gasteiger partial charge in [0.05, 0.1) is 11.9 Å². The average Bonchev–Trinajstić information content (AvgIpc) is 3.28. The van der Waals surface area contributed by atoms with Crippen molar-refractivity contribution in [1.29, 1.82) is 0 Å². The second kappa shape index (κ2) is 14.8. The van der Waals surface area contributed by atoms with Gasteiger partial charge in [-0.25, -0.2) is 18.1 Å². The first-order valence-corrected chi connectivity index (χ1v) is 21.8. The van der Waals surface area contributed by atoms with E-state index in [0.29, 0.717) is 43.1 Å². The number of piperazine rings is 1. The van der Waals surface area contributed by atoms with Crippen LogP contribution in [-0.2, 0) is 26.6 Å². The van der Waals surface area contributed by atoms with Gasteiger partial charge in [0.2, 0.25) is 10.0 Å². The van der Waals surface area contributed by atoms with Gasteiger partial charge in [0, 0.05) is 62.9 Å². The monoisotopic (exact) mass is 765 g/mol. The molecule has 4 aliphatic heterocycles. The van der Waals surface area contributed by atoms with Gasteiger partial charge in [0.25, 0.3) is 5.91 Å². The molecular formula is C41H56ClN5O5S. The Balaban J connectivity index is 1.19. The highest BCUT2D eigenvalue weighted by Gasteiger charge is 2.50. The number of sulfonamides is 1. The zero-order chi connectivity index (χ0) is 37.0. The highest BCUT2D eigenvalue weighted by molar-refractivity contribution is 7.90. The minimum Gasteiger partial charge on any atom is -0.489 e. The van der Waals surface area contributed by atoms with Crippen molar-refractivity contribution >= 4 is 33.3 Å². The van der Waals surface area contributed by atoms with Crippen LogP contribution in [0.3, 0.4) is 0 Å². The van der Waals surface area contributed by atoms with Crippen LogP contribution in [0.4, 0.5) is 5.82 Å². The van der Waals surface area contributed by atoms with Gasteiger partial charge in [-0.1, -0.05) is 43.2 Å². The minimum absolute atomic E-state index is 0.0674. The lowest BCUT2D eigenvalue weighted by atomic mass is 9.63. The fourth-order valence-electron chi connectivity index (χ4n) is 10.4. The van der Waals surface area contributed by atoms with Gasteiger partial charge in [-0.3, -0.25) is 14.6 Å². The Labute approximate surface area is 320 Å². The molecule has 7 atom stereocenters. The Morgan fingerprint density at radius 1 is 1.06 bits per heavy atom. The molecule has 6 aliphatic rings. The summed E-state index contributed by atoms with van der Waals surface area (Å²) in [6, 6.07) is 10.2. The molecule has 8 rings (SSSR count). The predicted molar refractivity (Wildman–Crippen MR) is 208 cm³/mol. The topological polar surface area (TPSA) is 104 Å². The summed E-state index contributed by atoms with van der Waals surface area (Å²) in [6.45, 7) is 10.7. The molecule has 5 heterocycles. The van der Waals surface area contributed by atoms with Crippen LogP contribution in [-0.4, -0.2) is 106 Å². The highest BCUT2D eigenvalue weighted by atomic mass is 35.5. The first-order chi connectivity index (χ1) is 25.5. The van der Waals surface area contributed by atoms with Gasteiger partial charge in [-0.15, -0.1) is 0 Å². The van der Waals surface area contributed by atoms with E-state index in [-0.39, 0.29) is 22.9 Å². The number of piperidine rings is 1. The third kappa shape index (κ3) is 7.14. The molecule has 2 aromatic rings. The van der Waals surface area contributed by atoms with Gasteiger partial charge in [0.1, 0.15) is 11.3 Å². The molecule has 12 heteroatoms. The number of halogens is 1. The van der Waals surface area contributed by atoms with Crippen molar-refractivity contribution in [2.45, 2.75) is 93.9 Å². The first kappa shape index (κ1) is 37.2. The Bertz CT molecular complexity index is 1840. The number of nitrogens with one attached hydrogen (secondary N) is 1. The van der Waals surface area contributed by atoms with Crippen molar-refractivity contribution in [1.82, 2.24) is 19.5 Å². The van der Waals surface area contributed by atoms with Gasteiger partial charge in [-0.05, 0) is 118 Å². The molecule has 1 amide bonds. The fourth-order valence-corrected chi connectivity index (χ4v) is 11.8. The molecule has 2 bridgehead atoms. The number of ether oxygens (including phenoxy) is 2. The van der Waals surface area contributed by atoms with E-state index in [9.17, 15) is 13.2 Å². The number of fused-ring (bicyclic) bond motifs is 5. The maximum absolute atomic E-state index is 13.6. The number of hydrogen-bond acceptors (Lipinski definition) is 9. The molecule has 1 aromatic carbocycles. The lowest BCUT2D eigenvalue weighted by Gasteiger charge is -2.53. The van der Waals surface area contributed by atoms with E-state index in [1.54, 1.807) is 19.1 Å². The summed E-state index contributed by atoms with van der Waals surface area (Å²) in [7, 11) is -2.12. The standard InChI is InChI=1S/C41H56ClN5O5S/c1-28-8-6-18-41(51-3,26-45-20-21-46-19-5-4-10-33(46)24-45)35-13-11-31(35)23-47-25-40(17-7-9-30-22-32(42)12-14-34(30)40)27-52-37-16-15-36(43-38(37)47)39(48)44-53(49,50)29(28)2/h6,12,14-16,18,22,28-29,31,33,35H,4-5,7-11,13,17,19-21,23-27H2,1-3H3,(H,44,48)/b18-6-/t28-,29+,31-,33+,35+,40-,41+/m0/s1. The van der Waals surface area contributed by atoms with Crippen LogP contribution in [0.25, 0.3) is 0 Å². The van der Waals surface area contributed by atoms with Crippen LogP contribution in [0, 0.1) is 17.8 Å². The van der Waals surface area contributed by atoms with E-state index in [1.165, 1.54) is 36.9 Å². The molecule has 288 valence electrons. The lowest BCUT2D eigenvalue weighted by Crippen LogP contribution is -2.61. The van der Waals surface area contributed by atoms with Crippen molar-refractivity contribution < 1.29 is 22.7 Å². The number of amides is 1. The number of carbonyl (C=O) groups is 1. The molecule has 1 saturated carbocycles. The van der Waals surface area contributed by atoms with E-state index in [1.807, 2.05) is 20.1 Å². The molecule has 1 N–H and O–H groups in total. The van der Waals surface area contributed by atoms with Crippen molar-refractivity contribution in [3.63, 3.8) is 0 Å². The van der Waals surface area contributed by atoms with Crippen LogP contribution in [0.2, 0.25) is 5.02 Å². The number of anilines is 1. The largest absolute Gasteiger partial charge is 0.489 e. The Kier molecular flexibility index (Phi) is 10.4. The normalized spacial score (nSPS) is 35.4. The smallest absolute Gasteiger partial charge is 0.283 e. The van der Waals surface area contributed by atoms with Gasteiger partial charge in [-0.2, -0.15) is 0 Å². The first-order valence-electron chi connectivity index (χ1n) is 19.9. The van der Waals surface area contributed by atoms with Gasteiger partial charge >= 0.3 is 0 Å². The van der Waals surface area contributed by atoms with Gasteiger partial charge in [0.15, 0.2) is 11.6 Å². The van der Waals surface area contributed by atoms with Crippen molar-refractivity contribution in [2.24, 2.45) is 17.8 Å².